The second kappa shape index (κ2) is 10.7. The van der Waals surface area contributed by atoms with Crippen molar-refractivity contribution in [1.82, 2.24) is 29.7 Å². The quantitative estimate of drug-likeness (QED) is 0.200. The molecule has 23 heteroatoms. The summed E-state index contributed by atoms with van der Waals surface area (Å²) in [4.78, 5) is 44.9. The average molecular weight is 651 g/mol. The van der Waals surface area contributed by atoms with Gasteiger partial charge in [0.2, 0.25) is 5.96 Å². The van der Waals surface area contributed by atoms with E-state index in [4.69, 9.17) is 45.8 Å². The monoisotopic (exact) mass is 650 g/mol. The van der Waals surface area contributed by atoms with Crippen LogP contribution in [0.4, 0.5) is 10.2 Å². The molecule has 1 amide bonds. The van der Waals surface area contributed by atoms with Crippen LogP contribution >= 0.6 is 25.8 Å². The predicted octanol–water partition coefficient (Wildman–Crippen LogP) is -0.150. The fourth-order valence-electron chi connectivity index (χ4n) is 4.52. The first-order chi connectivity index (χ1) is 19.4. The van der Waals surface area contributed by atoms with Crippen LogP contribution in [0.3, 0.4) is 0 Å². The van der Waals surface area contributed by atoms with Gasteiger partial charge in [0.05, 0.1) is 19.6 Å². The number of ether oxygens (including phenoxy) is 1. The number of aromatic nitrogens is 4. The van der Waals surface area contributed by atoms with Gasteiger partial charge in [-0.2, -0.15) is 4.99 Å². The second-order valence-electron chi connectivity index (χ2n) is 8.91. The number of carbonyl (C=O) groups is 1. The number of anilines is 1. The summed E-state index contributed by atoms with van der Waals surface area (Å²) in [5.74, 6) is -0.878. The van der Waals surface area contributed by atoms with Gasteiger partial charge in [-0.25, -0.2) is 23.9 Å². The summed E-state index contributed by atoms with van der Waals surface area (Å²) in [5.41, 5.74) is 6.45. The van der Waals surface area contributed by atoms with Crippen molar-refractivity contribution in [3.63, 3.8) is 0 Å². The first kappa shape index (κ1) is 28.7. The molecule has 6 rings (SSSR count). The van der Waals surface area contributed by atoms with Gasteiger partial charge in [0.25, 0.3) is 5.91 Å². The Morgan fingerprint density at radius 1 is 1.32 bits per heavy atom. The summed E-state index contributed by atoms with van der Waals surface area (Å²) in [5, 5.41) is 9.99. The maximum absolute atomic E-state index is 15.8. The number of nitrogens with zero attached hydrogens (tertiary/aromatic N) is 7. The minimum atomic E-state index is -4.21. The van der Waals surface area contributed by atoms with Crippen molar-refractivity contribution >= 4 is 78.6 Å². The molecule has 4 aliphatic rings. The van der Waals surface area contributed by atoms with E-state index in [0.717, 1.165) is 0 Å². The Morgan fingerprint density at radius 3 is 2.93 bits per heavy atom. The number of halogens is 1. The van der Waals surface area contributed by atoms with E-state index >= 15 is 4.39 Å². The Kier molecular flexibility index (Phi) is 7.46. The van der Waals surface area contributed by atoms with Crippen LogP contribution in [-0.4, -0.2) is 97.2 Å². The molecular formula is C18H21FN10O8P2S2. The number of hydrogen-bond donors (Lipinski definition) is 5. The number of imidazole rings is 1. The molecule has 0 aromatic carbocycles. The molecule has 4 aliphatic heterocycles. The number of nitrogens with two attached hydrogens (primary N) is 1. The van der Waals surface area contributed by atoms with Crippen LogP contribution in [0.25, 0.3) is 11.2 Å². The van der Waals surface area contributed by atoms with Crippen molar-refractivity contribution in [2.45, 2.75) is 43.8 Å². The number of hydrogen-bond acceptors (Lipinski definition) is 15. The number of fused-ring (bicyclic) bond motifs is 6. The Morgan fingerprint density at radius 2 is 2.12 bits per heavy atom. The number of thiol groups is 1. The minimum Gasteiger partial charge on any atom is -0.382 e. The Hall–Kier alpha value is -2.45. The Balaban J connectivity index is 1.34. The highest BCUT2D eigenvalue weighted by Gasteiger charge is 2.54. The second-order valence-corrected chi connectivity index (χ2v) is 14.6. The lowest BCUT2D eigenvalue weighted by Gasteiger charge is -2.31. The largest absolute Gasteiger partial charge is 0.386 e. The number of amidine groups is 1. The molecule has 6 heterocycles. The van der Waals surface area contributed by atoms with E-state index in [1.165, 1.54) is 22.1 Å². The number of amides is 1. The highest BCUT2D eigenvalue weighted by atomic mass is 32.7. The van der Waals surface area contributed by atoms with Crippen LogP contribution in [0, 0.1) is 5.41 Å². The fraction of sp³-hybridized carbons (Fsp3) is 0.500. The van der Waals surface area contributed by atoms with Gasteiger partial charge in [-0.15, -0.1) is 0 Å². The standard InChI is InChI=1S/C18H21FN10O8P2S2/c19-9-7-3-34-38(31,40)33-2-1-28-8(25-10-13(20)22-5-23-14(10)28)4-35-39(32,41)37-12(9)17(36-7)29-6-24-11-15(29)26-18(21)27-16(11)30/h5-7,9,11-12,17H,1-4H2,(H,31,40)(H,32,41)(H2,20,22,23)(H2,21,27,30)/t7-,9-,11?,12-,17+,38?,39?/m1/s1. The first-order valence-electron chi connectivity index (χ1n) is 11.7. The lowest BCUT2D eigenvalue weighted by molar-refractivity contribution is -0.119. The maximum atomic E-state index is 15.8. The van der Waals surface area contributed by atoms with Crippen LogP contribution in [0.15, 0.2) is 16.3 Å². The number of guanidine groups is 1. The molecule has 2 aromatic heterocycles. The van der Waals surface area contributed by atoms with Crippen molar-refractivity contribution in [1.29, 1.82) is 5.41 Å². The zero-order chi connectivity index (χ0) is 29.1. The van der Waals surface area contributed by atoms with Crippen LogP contribution in [0.2, 0.25) is 0 Å². The highest BCUT2D eigenvalue weighted by Crippen LogP contribution is 2.54. The van der Waals surface area contributed by atoms with E-state index in [2.05, 4.69) is 42.5 Å². The highest BCUT2D eigenvalue weighted by molar-refractivity contribution is 8.44. The SMILES string of the molecule is N=C1N=C2C(N=CN2[C@H]2O[C@@H]3COP(=O)(S)OCCn4c(nc5c(N)ncnc54)COP(O)(=S)O[C@@H]2[C@@H]3F)C(=O)N1. The molecule has 1 fully saturated rings. The molecule has 3 unspecified atom stereocenters. The van der Waals surface area contributed by atoms with E-state index in [1.54, 1.807) is 0 Å². The number of rotatable bonds is 1. The molecule has 1 saturated heterocycles. The molecule has 7 atom stereocenters. The average Bonchev–Trinajstić information content (AvgIpc) is 3.56. The molecule has 41 heavy (non-hydrogen) atoms. The molecule has 0 radical (unpaired) electrons. The van der Waals surface area contributed by atoms with Gasteiger partial charge in [-0.1, -0.05) is 12.2 Å². The first-order valence-corrected chi connectivity index (χ1v) is 17.0. The molecule has 0 aliphatic carbocycles. The fourth-order valence-corrected chi connectivity index (χ4v) is 7.01. The number of nitrogens with one attached hydrogen (secondary N) is 2. The van der Waals surface area contributed by atoms with Gasteiger partial charge in [0.15, 0.2) is 41.3 Å². The maximum Gasteiger partial charge on any atom is 0.386 e. The van der Waals surface area contributed by atoms with Gasteiger partial charge in [-0.3, -0.25) is 39.0 Å². The third-order valence-electron chi connectivity index (χ3n) is 6.33. The van der Waals surface area contributed by atoms with Gasteiger partial charge >= 0.3 is 13.5 Å². The van der Waals surface area contributed by atoms with Gasteiger partial charge in [-0.05, 0) is 11.8 Å². The van der Waals surface area contributed by atoms with Crippen molar-refractivity contribution in [3.8, 4) is 0 Å². The van der Waals surface area contributed by atoms with Crippen LogP contribution in [0.5, 0.6) is 0 Å². The summed E-state index contributed by atoms with van der Waals surface area (Å²) in [6.45, 7) is -9.44. The predicted molar refractivity (Wildman–Crippen MR) is 145 cm³/mol. The van der Waals surface area contributed by atoms with E-state index in [9.17, 15) is 14.3 Å². The summed E-state index contributed by atoms with van der Waals surface area (Å²) >= 11 is 9.17. The van der Waals surface area contributed by atoms with Crippen molar-refractivity contribution in [2.24, 2.45) is 9.98 Å². The van der Waals surface area contributed by atoms with Crippen LogP contribution < -0.4 is 11.1 Å². The number of alkyl halides is 1. The third-order valence-corrected chi connectivity index (χ3v) is 9.54. The van der Waals surface area contributed by atoms with Crippen molar-refractivity contribution < 1.29 is 41.5 Å². The third kappa shape index (κ3) is 5.54. The molecule has 220 valence electrons. The van der Waals surface area contributed by atoms with Gasteiger partial charge < -0.3 is 24.5 Å². The zero-order valence-electron chi connectivity index (χ0n) is 20.5. The normalized spacial score (nSPS) is 36.3. The topological polar surface area (TPSA) is 234 Å². The number of aliphatic imine (C=N–C) groups is 2. The Bertz CT molecular complexity index is 1590. The van der Waals surface area contributed by atoms with E-state index < -0.39 is 69.2 Å². The van der Waals surface area contributed by atoms with Gasteiger partial charge in [0, 0.05) is 6.54 Å². The number of carbonyl (C=O) groups excluding carboxylic acids is 1. The molecule has 18 nitrogen and oxygen atoms in total. The van der Waals surface area contributed by atoms with Gasteiger partial charge in [0.1, 0.15) is 31.0 Å². The summed E-state index contributed by atoms with van der Waals surface area (Å²) < 4.78 is 57.9. The zero-order valence-corrected chi connectivity index (χ0v) is 24.0. The van der Waals surface area contributed by atoms with Crippen molar-refractivity contribution in [3.05, 3.63) is 12.2 Å². The molecule has 0 saturated carbocycles. The van der Waals surface area contributed by atoms with Crippen LogP contribution in [0.1, 0.15) is 5.82 Å². The lowest BCUT2D eigenvalue weighted by Crippen LogP contribution is -2.53. The lowest BCUT2D eigenvalue weighted by atomic mass is 10.1. The van der Waals surface area contributed by atoms with E-state index in [1.807, 2.05) is 0 Å². The molecule has 2 aromatic rings. The summed E-state index contributed by atoms with van der Waals surface area (Å²) in [6.07, 6.45) is -4.10. The summed E-state index contributed by atoms with van der Waals surface area (Å²) in [6, 6.07) is -1.12. The molecule has 5 N–H and O–H groups in total. The number of nitrogen functional groups attached to an aromatic ring is 1. The van der Waals surface area contributed by atoms with E-state index in [0.29, 0.717) is 5.65 Å². The Labute approximate surface area is 239 Å². The summed E-state index contributed by atoms with van der Waals surface area (Å²) in [7, 11) is 0. The minimum absolute atomic E-state index is 0.0330. The van der Waals surface area contributed by atoms with E-state index in [-0.39, 0.29) is 36.1 Å². The van der Waals surface area contributed by atoms with Crippen molar-refractivity contribution in [2.75, 3.05) is 18.9 Å². The molecule has 2 bridgehead atoms. The van der Waals surface area contributed by atoms with Crippen LogP contribution in [-0.2, 0) is 57.1 Å². The molecule has 0 spiro atoms. The smallest absolute Gasteiger partial charge is 0.382 e. The molecular weight excluding hydrogens is 629 g/mol.